The number of hydrogen-bond donors (Lipinski definition) is 2. The van der Waals surface area contributed by atoms with Crippen LogP contribution in [0.1, 0.15) is 50.5 Å². The zero-order valence-corrected chi connectivity index (χ0v) is 23.2. The van der Waals surface area contributed by atoms with Gasteiger partial charge in [-0.2, -0.15) is 0 Å². The molecule has 0 bridgehead atoms. The number of benzene rings is 1. The monoisotopic (exact) mass is 523 g/mol. The van der Waals surface area contributed by atoms with Crippen LogP contribution >= 0.6 is 11.8 Å². The van der Waals surface area contributed by atoms with Crippen LogP contribution in [0.15, 0.2) is 53.6 Å². The highest BCUT2D eigenvalue weighted by Gasteiger charge is 2.55. The second-order valence-electron chi connectivity index (χ2n) is 11.3. The summed E-state index contributed by atoms with van der Waals surface area (Å²) < 4.78 is 0. The topological polar surface area (TPSA) is 71.9 Å². The Morgan fingerprint density at radius 3 is 2.46 bits per heavy atom. The van der Waals surface area contributed by atoms with Gasteiger partial charge in [-0.15, -0.1) is 11.8 Å². The molecule has 7 nitrogen and oxygen atoms in total. The lowest BCUT2D eigenvalue weighted by Gasteiger charge is -2.52. The summed E-state index contributed by atoms with van der Waals surface area (Å²) in [6.45, 7) is 1.79. The summed E-state index contributed by atoms with van der Waals surface area (Å²) in [6, 6.07) is 16.5. The molecule has 2 saturated carbocycles. The van der Waals surface area contributed by atoms with Crippen LogP contribution in [-0.4, -0.2) is 82.6 Å². The van der Waals surface area contributed by atoms with E-state index < -0.39 is 6.35 Å². The molecule has 1 aliphatic heterocycles. The molecule has 1 amide bonds. The van der Waals surface area contributed by atoms with Gasteiger partial charge < -0.3 is 10.4 Å². The molecule has 3 fully saturated rings. The molecule has 2 aromatic rings. The van der Waals surface area contributed by atoms with Crippen LogP contribution in [0.2, 0.25) is 0 Å². The van der Waals surface area contributed by atoms with E-state index in [0.29, 0.717) is 18.3 Å². The number of nitrogens with one attached hydrogen (secondary N) is 1. The normalized spacial score (nSPS) is 29.1. The van der Waals surface area contributed by atoms with Gasteiger partial charge >= 0.3 is 0 Å². The van der Waals surface area contributed by atoms with E-state index in [1.165, 1.54) is 24.8 Å². The SMILES string of the molecule is CSc1cccc(NC(=O)CN2CC3(CCC(c4ccccc4)(N(C)C)CC3)N(CC3CCC3)C2O)n1. The maximum absolute atomic E-state index is 13.0. The van der Waals surface area contributed by atoms with Gasteiger partial charge in [0.1, 0.15) is 5.82 Å². The van der Waals surface area contributed by atoms with Crippen LogP contribution in [0.3, 0.4) is 0 Å². The van der Waals surface area contributed by atoms with Crippen LogP contribution in [-0.2, 0) is 10.3 Å². The molecular weight excluding hydrogens is 482 g/mol. The number of aromatic nitrogens is 1. The third-order valence-corrected chi connectivity index (χ3v) is 9.76. The molecule has 200 valence electrons. The van der Waals surface area contributed by atoms with Crippen molar-refractivity contribution in [2.75, 3.05) is 45.3 Å². The predicted molar refractivity (Wildman–Crippen MR) is 149 cm³/mol. The quantitative estimate of drug-likeness (QED) is 0.503. The molecule has 1 aromatic carbocycles. The molecule has 1 spiro atoms. The standard InChI is InChI=1S/C29H41N5O2S/c1-32(2)29(23-11-5-4-6-12-23)17-15-28(16-18-29)21-33(27(36)34(28)19-22-9-7-10-22)20-25(35)30-24-13-8-14-26(31-24)37-3/h4-6,8,11-14,22,27,36H,7,9-10,15-21H2,1-3H3,(H,30,31,35). The Balaban J connectivity index is 1.33. The summed E-state index contributed by atoms with van der Waals surface area (Å²) in [4.78, 5) is 24.2. The Hall–Kier alpha value is -1.97. The fourth-order valence-electron chi connectivity index (χ4n) is 6.65. The lowest BCUT2D eigenvalue weighted by atomic mass is 9.68. The lowest BCUT2D eigenvalue weighted by Crippen LogP contribution is -2.57. The zero-order valence-electron chi connectivity index (χ0n) is 22.4. The first-order chi connectivity index (χ1) is 17.8. The third kappa shape index (κ3) is 5.32. The van der Waals surface area contributed by atoms with E-state index in [1.807, 2.05) is 29.4 Å². The highest BCUT2D eigenvalue weighted by atomic mass is 32.2. The number of anilines is 1. The van der Waals surface area contributed by atoms with E-state index in [9.17, 15) is 9.90 Å². The average molecular weight is 524 g/mol. The van der Waals surface area contributed by atoms with Gasteiger partial charge in [0.25, 0.3) is 0 Å². The lowest BCUT2D eigenvalue weighted by molar-refractivity contribution is -0.126. The highest BCUT2D eigenvalue weighted by molar-refractivity contribution is 7.98. The first kappa shape index (κ1) is 26.6. The Bertz CT molecular complexity index is 1070. The number of carbonyl (C=O) groups excluding carboxylic acids is 1. The van der Waals surface area contributed by atoms with Crippen molar-refractivity contribution in [1.82, 2.24) is 19.7 Å². The van der Waals surface area contributed by atoms with Gasteiger partial charge in [0.2, 0.25) is 5.91 Å². The molecular formula is C29H41N5O2S. The molecule has 5 rings (SSSR count). The first-order valence-corrected chi connectivity index (χ1v) is 14.8. The largest absolute Gasteiger partial charge is 0.365 e. The number of thioether (sulfide) groups is 1. The van der Waals surface area contributed by atoms with E-state index in [-0.39, 0.29) is 23.5 Å². The molecule has 2 aliphatic carbocycles. The highest BCUT2D eigenvalue weighted by Crippen LogP contribution is 2.50. The van der Waals surface area contributed by atoms with Gasteiger partial charge in [0, 0.05) is 24.2 Å². The van der Waals surface area contributed by atoms with Crippen LogP contribution in [0, 0.1) is 5.92 Å². The number of aliphatic hydroxyl groups excluding tert-OH is 1. The number of aliphatic hydroxyl groups is 1. The van der Waals surface area contributed by atoms with E-state index in [4.69, 9.17) is 0 Å². The van der Waals surface area contributed by atoms with Crippen molar-refractivity contribution >= 4 is 23.5 Å². The molecule has 0 radical (unpaired) electrons. The fourth-order valence-corrected chi connectivity index (χ4v) is 7.06. The van der Waals surface area contributed by atoms with Gasteiger partial charge in [-0.25, -0.2) is 4.98 Å². The van der Waals surface area contributed by atoms with E-state index in [1.54, 1.807) is 11.8 Å². The van der Waals surface area contributed by atoms with Gasteiger partial charge in [0.05, 0.1) is 11.6 Å². The van der Waals surface area contributed by atoms with Crippen molar-refractivity contribution in [3.63, 3.8) is 0 Å². The number of nitrogens with zero attached hydrogens (tertiary/aromatic N) is 4. The minimum atomic E-state index is -0.736. The fraction of sp³-hybridized carbons (Fsp3) is 0.586. The van der Waals surface area contributed by atoms with Gasteiger partial charge in [-0.3, -0.25) is 19.5 Å². The molecule has 37 heavy (non-hydrogen) atoms. The minimum Gasteiger partial charge on any atom is -0.365 e. The molecule has 2 N–H and O–H groups in total. The molecule has 8 heteroatoms. The molecule has 1 unspecified atom stereocenters. The Morgan fingerprint density at radius 1 is 1.11 bits per heavy atom. The van der Waals surface area contributed by atoms with E-state index >= 15 is 0 Å². The van der Waals surface area contributed by atoms with Crippen molar-refractivity contribution in [2.45, 2.75) is 67.4 Å². The third-order valence-electron chi connectivity index (χ3n) is 9.11. The average Bonchev–Trinajstić information content (AvgIpc) is 3.12. The van der Waals surface area contributed by atoms with Gasteiger partial charge in [-0.05, 0) is 82.5 Å². The summed E-state index contributed by atoms with van der Waals surface area (Å²) in [5.74, 6) is 1.07. The number of pyridine rings is 1. The van der Waals surface area contributed by atoms with Gasteiger partial charge in [0.15, 0.2) is 6.35 Å². The summed E-state index contributed by atoms with van der Waals surface area (Å²) in [6.07, 6.45) is 9.06. The number of amides is 1. The van der Waals surface area contributed by atoms with E-state index in [0.717, 1.165) is 37.3 Å². The van der Waals surface area contributed by atoms with Crippen LogP contribution in [0.25, 0.3) is 0 Å². The Morgan fingerprint density at radius 2 is 1.84 bits per heavy atom. The van der Waals surface area contributed by atoms with Crippen molar-refractivity contribution in [3.05, 3.63) is 54.1 Å². The van der Waals surface area contributed by atoms with Crippen molar-refractivity contribution in [1.29, 1.82) is 0 Å². The number of carbonyl (C=O) groups is 1. The summed E-state index contributed by atoms with van der Waals surface area (Å²) >= 11 is 1.55. The number of rotatable bonds is 8. The first-order valence-electron chi connectivity index (χ1n) is 13.6. The predicted octanol–water partition coefficient (Wildman–Crippen LogP) is 4.21. The van der Waals surface area contributed by atoms with Crippen LogP contribution in [0.4, 0.5) is 5.82 Å². The zero-order chi connectivity index (χ0) is 26.0. The van der Waals surface area contributed by atoms with Gasteiger partial charge in [-0.1, -0.05) is 42.8 Å². The number of hydrogen-bond acceptors (Lipinski definition) is 7. The maximum Gasteiger partial charge on any atom is 0.239 e. The molecule has 3 aliphatic rings. The second kappa shape index (κ2) is 11.0. The molecule has 1 aromatic heterocycles. The summed E-state index contributed by atoms with van der Waals surface area (Å²) in [7, 11) is 4.38. The Kier molecular flexibility index (Phi) is 7.93. The molecule has 1 saturated heterocycles. The molecule has 1 atom stereocenters. The van der Waals surface area contributed by atoms with Crippen molar-refractivity contribution in [3.8, 4) is 0 Å². The summed E-state index contributed by atoms with van der Waals surface area (Å²) in [5, 5.41) is 15.3. The van der Waals surface area contributed by atoms with Crippen molar-refractivity contribution < 1.29 is 9.90 Å². The maximum atomic E-state index is 13.0. The van der Waals surface area contributed by atoms with E-state index in [2.05, 4.69) is 64.5 Å². The van der Waals surface area contributed by atoms with Crippen molar-refractivity contribution in [2.24, 2.45) is 5.92 Å². The van der Waals surface area contributed by atoms with Crippen LogP contribution in [0.5, 0.6) is 0 Å². The minimum absolute atomic E-state index is 0.00161. The smallest absolute Gasteiger partial charge is 0.239 e. The van der Waals surface area contributed by atoms with Crippen LogP contribution < -0.4 is 5.32 Å². The molecule has 2 heterocycles. The summed E-state index contributed by atoms with van der Waals surface area (Å²) in [5.41, 5.74) is 1.26. The Labute approximate surface area is 225 Å². The second-order valence-corrected chi connectivity index (χ2v) is 12.2.